The fourth-order valence-corrected chi connectivity index (χ4v) is 1.87. The highest BCUT2D eigenvalue weighted by Gasteiger charge is 2.13. The van der Waals surface area contributed by atoms with Gasteiger partial charge in [0.25, 0.3) is 5.56 Å². The molecule has 2 rings (SSSR count). The number of nitrogens with zero attached hydrogens (tertiary/aromatic N) is 1. The van der Waals surface area contributed by atoms with Crippen molar-refractivity contribution in [1.29, 1.82) is 0 Å². The Morgan fingerprint density at radius 2 is 2.00 bits per heavy atom. The van der Waals surface area contributed by atoms with Gasteiger partial charge < -0.3 is 5.11 Å². The van der Waals surface area contributed by atoms with E-state index in [0.717, 1.165) is 5.69 Å². The molecule has 0 fully saturated rings. The number of aryl methyl sites for hydroxylation is 1. The highest BCUT2D eigenvalue weighted by molar-refractivity contribution is 5.67. The summed E-state index contributed by atoms with van der Waals surface area (Å²) in [5, 5.41) is 11.6. The minimum absolute atomic E-state index is 0.0390. The second-order valence-corrected chi connectivity index (χ2v) is 4.09. The monoisotopic (exact) mass is 246 g/mol. The van der Waals surface area contributed by atoms with Crippen molar-refractivity contribution in [3.63, 3.8) is 0 Å². The lowest BCUT2D eigenvalue weighted by atomic mass is 10.1. The average Bonchev–Trinajstić information content (AvgIpc) is 2.63. The molecular weight excluding hydrogens is 232 g/mol. The third-order valence-corrected chi connectivity index (χ3v) is 2.80. The predicted octanol–water partition coefficient (Wildman–Crippen LogP) is 1.49. The molecular formula is C13H14N2O3. The summed E-state index contributed by atoms with van der Waals surface area (Å²) in [6.45, 7) is 1.78. The summed E-state index contributed by atoms with van der Waals surface area (Å²) in [6.07, 6.45) is 0.207. The zero-order valence-electron chi connectivity index (χ0n) is 10.0. The quantitative estimate of drug-likeness (QED) is 0.858. The average molecular weight is 246 g/mol. The van der Waals surface area contributed by atoms with Crippen LogP contribution in [0.3, 0.4) is 0 Å². The number of carboxylic acid groups (broad SMARTS) is 1. The van der Waals surface area contributed by atoms with Crippen LogP contribution in [0, 0.1) is 6.92 Å². The fourth-order valence-electron chi connectivity index (χ4n) is 1.87. The maximum absolute atomic E-state index is 12.1. The molecule has 5 heteroatoms. The molecule has 0 unspecified atom stereocenters. The topological polar surface area (TPSA) is 75.1 Å². The Kier molecular flexibility index (Phi) is 3.32. The number of carbonyl (C=O) groups is 1. The van der Waals surface area contributed by atoms with Crippen molar-refractivity contribution in [2.45, 2.75) is 19.8 Å². The summed E-state index contributed by atoms with van der Waals surface area (Å²) < 4.78 is 1.44. The number of H-pyrrole nitrogens is 1. The Morgan fingerprint density at radius 1 is 1.33 bits per heavy atom. The molecule has 94 valence electrons. The van der Waals surface area contributed by atoms with E-state index < -0.39 is 5.97 Å². The number of hydrogen-bond acceptors (Lipinski definition) is 2. The van der Waals surface area contributed by atoms with Crippen molar-refractivity contribution in [3.05, 3.63) is 51.9 Å². The standard InChI is InChI=1S/C13H14N2O3/c1-9-11(7-8-12(16)17)13(18)15(14-9)10-5-3-2-4-6-10/h2-6,14H,7-8H2,1H3,(H,16,17). The van der Waals surface area contributed by atoms with Crippen molar-refractivity contribution in [2.75, 3.05) is 0 Å². The third-order valence-electron chi connectivity index (χ3n) is 2.80. The van der Waals surface area contributed by atoms with Crippen LogP contribution in [0.4, 0.5) is 0 Å². The third kappa shape index (κ3) is 2.34. The first-order valence-electron chi connectivity index (χ1n) is 5.67. The molecule has 0 aliphatic carbocycles. The molecule has 0 atom stereocenters. The Bertz CT molecular complexity index is 611. The lowest BCUT2D eigenvalue weighted by molar-refractivity contribution is -0.136. The molecule has 0 saturated heterocycles. The first-order chi connectivity index (χ1) is 8.59. The van der Waals surface area contributed by atoms with Gasteiger partial charge in [-0.1, -0.05) is 18.2 Å². The zero-order valence-corrected chi connectivity index (χ0v) is 10.0. The number of aromatic amines is 1. The van der Waals surface area contributed by atoms with Crippen molar-refractivity contribution < 1.29 is 9.90 Å². The molecule has 0 aliphatic heterocycles. The van der Waals surface area contributed by atoms with E-state index in [2.05, 4.69) is 5.10 Å². The minimum Gasteiger partial charge on any atom is -0.481 e. The number of benzene rings is 1. The number of carboxylic acids is 1. The largest absolute Gasteiger partial charge is 0.481 e. The normalized spacial score (nSPS) is 10.5. The summed E-state index contributed by atoms with van der Waals surface area (Å²) in [5.74, 6) is -0.902. The van der Waals surface area contributed by atoms with E-state index in [0.29, 0.717) is 11.3 Å². The molecule has 0 amide bonds. The SMILES string of the molecule is Cc1[nH]n(-c2ccccc2)c(=O)c1CCC(=O)O. The van der Waals surface area contributed by atoms with Crippen molar-refractivity contribution in [2.24, 2.45) is 0 Å². The van der Waals surface area contributed by atoms with Crippen molar-refractivity contribution >= 4 is 5.97 Å². The Hall–Kier alpha value is -2.30. The lowest BCUT2D eigenvalue weighted by Gasteiger charge is -1.99. The molecule has 1 aromatic carbocycles. The van der Waals surface area contributed by atoms with Gasteiger partial charge in [0, 0.05) is 17.7 Å². The molecule has 1 heterocycles. The summed E-state index contributed by atoms with van der Waals surface area (Å²) in [6, 6.07) is 9.19. The van der Waals surface area contributed by atoms with Crippen molar-refractivity contribution in [1.82, 2.24) is 9.78 Å². The lowest BCUT2D eigenvalue weighted by Crippen LogP contribution is -2.17. The summed E-state index contributed by atoms with van der Waals surface area (Å²) in [5.41, 5.74) is 1.80. The predicted molar refractivity (Wildman–Crippen MR) is 67.1 cm³/mol. The Balaban J connectivity index is 2.38. The number of para-hydroxylation sites is 1. The molecule has 0 bridgehead atoms. The molecule has 1 aromatic heterocycles. The van der Waals surface area contributed by atoms with Crippen LogP contribution in [0.2, 0.25) is 0 Å². The smallest absolute Gasteiger partial charge is 0.303 e. The van der Waals surface area contributed by atoms with Crippen LogP contribution in [0.1, 0.15) is 17.7 Å². The Morgan fingerprint density at radius 3 is 2.61 bits per heavy atom. The molecule has 0 saturated carbocycles. The van der Waals surface area contributed by atoms with Gasteiger partial charge >= 0.3 is 5.97 Å². The van der Waals surface area contributed by atoms with E-state index in [4.69, 9.17) is 5.11 Å². The van der Waals surface area contributed by atoms with Gasteiger partial charge in [0.15, 0.2) is 0 Å². The first-order valence-corrected chi connectivity index (χ1v) is 5.67. The number of rotatable bonds is 4. The first kappa shape index (κ1) is 12.2. The van der Waals surface area contributed by atoms with Crippen LogP contribution < -0.4 is 5.56 Å². The molecule has 18 heavy (non-hydrogen) atoms. The van der Waals surface area contributed by atoms with Gasteiger partial charge in [0.1, 0.15) is 0 Å². The van der Waals surface area contributed by atoms with E-state index in [1.807, 2.05) is 30.3 Å². The van der Waals surface area contributed by atoms with Crippen LogP contribution in [0.25, 0.3) is 5.69 Å². The van der Waals surface area contributed by atoms with Gasteiger partial charge in [0.2, 0.25) is 0 Å². The highest BCUT2D eigenvalue weighted by atomic mass is 16.4. The van der Waals surface area contributed by atoms with Gasteiger partial charge in [-0.25, -0.2) is 4.68 Å². The van der Waals surface area contributed by atoms with Gasteiger partial charge in [-0.3, -0.25) is 14.7 Å². The van der Waals surface area contributed by atoms with Gasteiger partial charge in [-0.2, -0.15) is 0 Å². The number of aliphatic carboxylic acids is 1. The van der Waals surface area contributed by atoms with Crippen molar-refractivity contribution in [3.8, 4) is 5.69 Å². The van der Waals surface area contributed by atoms with E-state index >= 15 is 0 Å². The zero-order chi connectivity index (χ0) is 13.1. The van der Waals surface area contributed by atoms with Crippen LogP contribution in [-0.2, 0) is 11.2 Å². The van der Waals surface area contributed by atoms with E-state index in [9.17, 15) is 9.59 Å². The molecule has 2 aromatic rings. The summed E-state index contributed by atoms with van der Waals surface area (Å²) >= 11 is 0. The van der Waals surface area contributed by atoms with Gasteiger partial charge in [0.05, 0.1) is 5.69 Å². The van der Waals surface area contributed by atoms with Gasteiger partial charge in [-0.05, 0) is 25.5 Å². The van der Waals surface area contributed by atoms with Crippen LogP contribution in [0.5, 0.6) is 0 Å². The maximum Gasteiger partial charge on any atom is 0.303 e. The Labute approximate surface area is 104 Å². The second-order valence-electron chi connectivity index (χ2n) is 4.09. The van der Waals surface area contributed by atoms with Crippen LogP contribution in [0.15, 0.2) is 35.1 Å². The van der Waals surface area contributed by atoms with Crippen LogP contribution in [-0.4, -0.2) is 20.9 Å². The fraction of sp³-hybridized carbons (Fsp3) is 0.231. The highest BCUT2D eigenvalue weighted by Crippen LogP contribution is 2.08. The number of nitrogens with one attached hydrogen (secondary N) is 1. The number of aromatic nitrogens is 2. The van der Waals surface area contributed by atoms with Crippen LogP contribution >= 0.6 is 0 Å². The molecule has 5 nitrogen and oxygen atoms in total. The second kappa shape index (κ2) is 4.91. The minimum atomic E-state index is -0.902. The van der Waals surface area contributed by atoms with E-state index in [1.165, 1.54) is 4.68 Å². The molecule has 0 radical (unpaired) electrons. The summed E-state index contributed by atoms with van der Waals surface area (Å²) in [7, 11) is 0. The number of hydrogen-bond donors (Lipinski definition) is 2. The molecule has 2 N–H and O–H groups in total. The van der Waals surface area contributed by atoms with E-state index in [1.54, 1.807) is 6.92 Å². The molecule has 0 spiro atoms. The van der Waals surface area contributed by atoms with Gasteiger partial charge in [-0.15, -0.1) is 0 Å². The van der Waals surface area contributed by atoms with E-state index in [-0.39, 0.29) is 18.4 Å². The summed E-state index contributed by atoms with van der Waals surface area (Å²) in [4.78, 5) is 22.7. The maximum atomic E-state index is 12.1. The molecule has 0 aliphatic rings.